The molecule has 0 radical (unpaired) electrons. The molecule has 0 saturated heterocycles. The van der Waals surface area contributed by atoms with Crippen LogP contribution >= 0.6 is 34.5 Å². The van der Waals surface area contributed by atoms with Gasteiger partial charge in [-0.1, -0.05) is 70.9 Å². The Hall–Kier alpha value is -2.13. The number of nitrogens with one attached hydrogen (secondary N) is 1. The van der Waals surface area contributed by atoms with Gasteiger partial charge in [0.2, 0.25) is 0 Å². The minimum absolute atomic E-state index is 0.103. The van der Waals surface area contributed by atoms with Gasteiger partial charge in [-0.25, -0.2) is 13.4 Å². The third-order valence-corrected chi connectivity index (χ3v) is 8.06. The van der Waals surface area contributed by atoms with Crippen molar-refractivity contribution in [1.82, 2.24) is 4.98 Å². The fraction of sp³-hybridized carbons (Fsp3) is 0.238. The second-order valence-electron chi connectivity index (χ2n) is 6.85. The summed E-state index contributed by atoms with van der Waals surface area (Å²) in [6.07, 6.45) is 1.60. The number of hydrogen-bond acceptors (Lipinski definition) is 7. The lowest BCUT2D eigenvalue weighted by Crippen LogP contribution is -2.26. The van der Waals surface area contributed by atoms with Gasteiger partial charge >= 0.3 is 5.97 Å². The van der Waals surface area contributed by atoms with Gasteiger partial charge < -0.3 is 10.1 Å². The highest BCUT2D eigenvalue weighted by atomic mass is 35.5. The fourth-order valence-electron chi connectivity index (χ4n) is 2.97. The number of nitrogens with zero attached hydrogens (tertiary/aromatic N) is 1. The van der Waals surface area contributed by atoms with Crippen molar-refractivity contribution in [1.29, 1.82) is 0 Å². The smallest absolute Gasteiger partial charge is 0.310 e. The number of benzene rings is 2. The van der Waals surface area contributed by atoms with Crippen molar-refractivity contribution in [3.8, 4) is 11.3 Å². The van der Waals surface area contributed by atoms with Crippen molar-refractivity contribution in [2.45, 2.75) is 10.6 Å². The molecule has 0 aliphatic heterocycles. The summed E-state index contributed by atoms with van der Waals surface area (Å²) in [5.41, 5.74) is 1.81. The van der Waals surface area contributed by atoms with Gasteiger partial charge in [0.1, 0.15) is 9.90 Å². The third-order valence-electron chi connectivity index (χ3n) is 4.49. The maximum absolute atomic E-state index is 12.3. The molecule has 1 heterocycles. The van der Waals surface area contributed by atoms with Gasteiger partial charge in [-0.2, -0.15) is 0 Å². The van der Waals surface area contributed by atoms with Crippen molar-refractivity contribution >= 4 is 55.5 Å². The highest BCUT2D eigenvalue weighted by molar-refractivity contribution is 7.93. The molecule has 0 aliphatic carbocycles. The summed E-state index contributed by atoms with van der Waals surface area (Å²) in [6, 6.07) is 14.4. The quantitative estimate of drug-likeness (QED) is 0.441. The van der Waals surface area contributed by atoms with Crippen LogP contribution in [-0.4, -0.2) is 39.3 Å². The molecule has 2 aromatic carbocycles. The molecule has 31 heavy (non-hydrogen) atoms. The molecule has 0 saturated carbocycles. The van der Waals surface area contributed by atoms with Crippen LogP contribution in [0.25, 0.3) is 11.3 Å². The number of carbonyl (C=O) groups is 1. The van der Waals surface area contributed by atoms with Gasteiger partial charge in [0.05, 0.1) is 23.1 Å². The predicted octanol–water partition coefficient (Wildman–Crippen LogP) is 4.96. The zero-order valence-corrected chi connectivity index (χ0v) is 19.9. The van der Waals surface area contributed by atoms with Gasteiger partial charge in [-0.05, 0) is 24.1 Å². The van der Waals surface area contributed by atoms with Crippen LogP contribution in [-0.2, 0) is 25.8 Å². The highest BCUT2D eigenvalue weighted by Gasteiger charge is 2.24. The van der Waals surface area contributed by atoms with E-state index in [9.17, 15) is 13.2 Å². The van der Waals surface area contributed by atoms with Crippen LogP contribution in [0.15, 0.2) is 52.7 Å². The minimum atomic E-state index is -3.54. The Kier molecular flexibility index (Phi) is 7.59. The summed E-state index contributed by atoms with van der Waals surface area (Å²) >= 11 is 13.1. The number of halogens is 2. The zero-order valence-electron chi connectivity index (χ0n) is 16.8. The van der Waals surface area contributed by atoms with Crippen molar-refractivity contribution in [2.75, 3.05) is 25.2 Å². The van der Waals surface area contributed by atoms with E-state index in [1.807, 2.05) is 30.3 Å². The molecule has 10 heteroatoms. The fourth-order valence-corrected chi connectivity index (χ4v) is 5.36. The van der Waals surface area contributed by atoms with Gasteiger partial charge in [0.15, 0.2) is 15.0 Å². The van der Waals surface area contributed by atoms with Crippen molar-refractivity contribution in [3.05, 3.63) is 64.1 Å². The van der Waals surface area contributed by atoms with E-state index in [0.717, 1.165) is 23.2 Å². The van der Waals surface area contributed by atoms with Crippen molar-refractivity contribution in [2.24, 2.45) is 5.92 Å². The van der Waals surface area contributed by atoms with E-state index in [4.69, 9.17) is 27.9 Å². The molecule has 0 bridgehead atoms. The predicted molar refractivity (Wildman–Crippen MR) is 125 cm³/mol. The van der Waals surface area contributed by atoms with Gasteiger partial charge in [-0.3, -0.25) is 4.79 Å². The van der Waals surface area contributed by atoms with E-state index in [0.29, 0.717) is 27.2 Å². The SMILES string of the molecule is COC(=O)C(CNc1nc(-c2ccc(Cl)c(Cl)c2)c(S(C)(=O)=O)s1)Cc1ccccc1. The second kappa shape index (κ2) is 9.99. The first-order chi connectivity index (χ1) is 14.7. The molecular weight excluding hydrogens is 479 g/mol. The standard InChI is InChI=1S/C21H20Cl2N2O4S2/c1-29-19(26)15(10-13-6-4-3-5-7-13)12-24-21-25-18(20(30-21)31(2,27)28)14-8-9-16(22)17(23)11-14/h3-9,11,15H,10,12H2,1-2H3,(H,24,25). The number of aromatic nitrogens is 1. The lowest BCUT2D eigenvalue weighted by molar-refractivity contribution is -0.144. The van der Waals surface area contributed by atoms with Gasteiger partial charge in [0, 0.05) is 18.4 Å². The molecule has 6 nitrogen and oxygen atoms in total. The summed E-state index contributed by atoms with van der Waals surface area (Å²) in [6.45, 7) is 0.235. The molecule has 0 fully saturated rings. The number of methoxy groups -OCH3 is 1. The van der Waals surface area contributed by atoms with Crippen molar-refractivity contribution < 1.29 is 17.9 Å². The number of anilines is 1. The zero-order chi connectivity index (χ0) is 22.6. The van der Waals surface area contributed by atoms with Gasteiger partial charge in [0.25, 0.3) is 0 Å². The monoisotopic (exact) mass is 498 g/mol. The van der Waals surface area contributed by atoms with Crippen LogP contribution in [0.5, 0.6) is 0 Å². The molecule has 164 valence electrons. The Morgan fingerprint density at radius 3 is 2.48 bits per heavy atom. The van der Waals surface area contributed by atoms with E-state index in [1.54, 1.807) is 18.2 Å². The molecule has 0 spiro atoms. The van der Waals surface area contributed by atoms with E-state index >= 15 is 0 Å². The maximum Gasteiger partial charge on any atom is 0.310 e. The molecule has 3 aromatic rings. The summed E-state index contributed by atoms with van der Waals surface area (Å²) in [4.78, 5) is 16.7. The number of hydrogen-bond donors (Lipinski definition) is 1. The lowest BCUT2D eigenvalue weighted by atomic mass is 9.99. The summed E-state index contributed by atoms with van der Waals surface area (Å²) < 4.78 is 29.7. The number of sulfone groups is 1. The molecule has 3 rings (SSSR count). The molecular formula is C21H20Cl2N2O4S2. The summed E-state index contributed by atoms with van der Waals surface area (Å²) in [7, 11) is -2.20. The van der Waals surface area contributed by atoms with Crippen LogP contribution in [0.4, 0.5) is 5.13 Å². The first-order valence-corrected chi connectivity index (χ1v) is 12.7. The first kappa shape index (κ1) is 23.5. The largest absolute Gasteiger partial charge is 0.469 e. The molecule has 1 N–H and O–H groups in total. The number of thiazole rings is 1. The Balaban J connectivity index is 1.87. The third kappa shape index (κ3) is 5.98. The van der Waals surface area contributed by atoms with E-state index in [1.165, 1.54) is 7.11 Å². The number of rotatable bonds is 8. The molecule has 1 atom stereocenters. The normalized spacial score (nSPS) is 12.4. The number of ether oxygens (including phenoxy) is 1. The van der Waals surface area contributed by atoms with Crippen molar-refractivity contribution in [3.63, 3.8) is 0 Å². The summed E-state index contributed by atoms with van der Waals surface area (Å²) in [5.74, 6) is -0.827. The van der Waals surface area contributed by atoms with E-state index in [-0.39, 0.29) is 22.4 Å². The lowest BCUT2D eigenvalue weighted by Gasteiger charge is -2.15. The molecule has 1 unspecified atom stereocenters. The van der Waals surface area contributed by atoms with Crippen LogP contribution in [0, 0.1) is 5.92 Å². The van der Waals surface area contributed by atoms with Crippen LogP contribution in [0.1, 0.15) is 5.56 Å². The Morgan fingerprint density at radius 2 is 1.87 bits per heavy atom. The van der Waals surface area contributed by atoms with Crippen LogP contribution in [0.3, 0.4) is 0 Å². The molecule has 1 aromatic heterocycles. The minimum Gasteiger partial charge on any atom is -0.469 e. The summed E-state index contributed by atoms with van der Waals surface area (Å²) in [5, 5.41) is 4.13. The number of carbonyl (C=O) groups excluding carboxylic acids is 1. The Morgan fingerprint density at radius 1 is 1.16 bits per heavy atom. The average molecular weight is 499 g/mol. The molecule has 0 amide bonds. The Labute approximate surface area is 195 Å². The van der Waals surface area contributed by atoms with Gasteiger partial charge in [-0.15, -0.1) is 0 Å². The van der Waals surface area contributed by atoms with Crippen LogP contribution in [0.2, 0.25) is 10.0 Å². The highest BCUT2D eigenvalue weighted by Crippen LogP contribution is 2.37. The first-order valence-electron chi connectivity index (χ1n) is 9.21. The molecule has 0 aliphatic rings. The van der Waals surface area contributed by atoms with E-state index < -0.39 is 15.8 Å². The Bertz CT molecular complexity index is 1180. The second-order valence-corrected chi connectivity index (χ2v) is 10.9. The number of esters is 1. The average Bonchev–Trinajstić information content (AvgIpc) is 3.18. The van der Waals surface area contributed by atoms with E-state index in [2.05, 4.69) is 10.3 Å². The topological polar surface area (TPSA) is 85.4 Å². The maximum atomic E-state index is 12.3. The van der Waals surface area contributed by atoms with Crippen LogP contribution < -0.4 is 5.32 Å².